The van der Waals surface area contributed by atoms with E-state index in [1.807, 2.05) is 30.3 Å². The summed E-state index contributed by atoms with van der Waals surface area (Å²) in [4.78, 5) is 23.5. The summed E-state index contributed by atoms with van der Waals surface area (Å²) in [6, 6.07) is 8.85. The maximum atomic E-state index is 12.3. The second-order valence-corrected chi connectivity index (χ2v) is 5.51. The Labute approximate surface area is 119 Å². The zero-order valence-corrected chi connectivity index (χ0v) is 11.7. The van der Waals surface area contributed by atoms with Crippen molar-refractivity contribution in [1.29, 1.82) is 0 Å². The second kappa shape index (κ2) is 6.55. The molecule has 4 heteroatoms. The van der Waals surface area contributed by atoms with Gasteiger partial charge in [0.05, 0.1) is 12.0 Å². The molecule has 0 aromatic heterocycles. The van der Waals surface area contributed by atoms with Crippen molar-refractivity contribution >= 4 is 11.9 Å². The molecule has 0 radical (unpaired) electrons. The van der Waals surface area contributed by atoms with Gasteiger partial charge in [-0.1, -0.05) is 43.2 Å². The van der Waals surface area contributed by atoms with Crippen molar-refractivity contribution in [2.24, 2.45) is 11.8 Å². The van der Waals surface area contributed by atoms with Crippen LogP contribution in [0.25, 0.3) is 0 Å². The van der Waals surface area contributed by atoms with Gasteiger partial charge in [-0.25, -0.2) is 0 Å². The first-order valence-electron chi connectivity index (χ1n) is 7.17. The molecule has 0 saturated heterocycles. The average molecular weight is 275 g/mol. The van der Waals surface area contributed by atoms with Crippen molar-refractivity contribution in [1.82, 2.24) is 5.32 Å². The monoisotopic (exact) mass is 275 g/mol. The molecule has 1 aliphatic rings. The van der Waals surface area contributed by atoms with E-state index in [0.29, 0.717) is 0 Å². The zero-order valence-electron chi connectivity index (χ0n) is 11.7. The summed E-state index contributed by atoms with van der Waals surface area (Å²) in [5.41, 5.74) is 0.841. The first-order chi connectivity index (χ1) is 9.59. The van der Waals surface area contributed by atoms with E-state index in [1.165, 1.54) is 0 Å². The molecule has 0 aliphatic heterocycles. The quantitative estimate of drug-likeness (QED) is 0.868. The van der Waals surface area contributed by atoms with Crippen LogP contribution in [0.1, 0.15) is 44.2 Å². The molecule has 108 valence electrons. The number of aliphatic carboxylic acids is 1. The van der Waals surface area contributed by atoms with Crippen molar-refractivity contribution < 1.29 is 14.7 Å². The van der Waals surface area contributed by atoms with Gasteiger partial charge >= 0.3 is 5.97 Å². The molecule has 1 aliphatic carbocycles. The highest BCUT2D eigenvalue weighted by Gasteiger charge is 2.30. The average Bonchev–Trinajstić information content (AvgIpc) is 2.99. The summed E-state index contributed by atoms with van der Waals surface area (Å²) in [5.74, 6) is -1.51. The summed E-state index contributed by atoms with van der Waals surface area (Å²) < 4.78 is 0. The molecule has 4 nitrogen and oxygen atoms in total. The predicted octanol–water partition coefficient (Wildman–Crippen LogP) is 2.75. The molecule has 1 amide bonds. The minimum Gasteiger partial charge on any atom is -0.481 e. The van der Waals surface area contributed by atoms with E-state index < -0.39 is 17.9 Å². The Kier molecular flexibility index (Phi) is 4.77. The highest BCUT2D eigenvalue weighted by molar-refractivity contribution is 5.80. The number of carboxylic acids is 1. The maximum Gasteiger partial charge on any atom is 0.308 e. The number of hydrogen-bond acceptors (Lipinski definition) is 2. The molecule has 2 N–H and O–H groups in total. The van der Waals surface area contributed by atoms with Crippen LogP contribution in [0.4, 0.5) is 0 Å². The fourth-order valence-electron chi connectivity index (χ4n) is 2.76. The summed E-state index contributed by atoms with van der Waals surface area (Å²) in [6.07, 6.45) is 3.99. The standard InChI is InChI=1S/C16H21NO3/c1-11(16(19)20)14(12-7-3-2-4-8-12)17-15(18)13-9-5-6-10-13/h2-4,7-8,11,13-14H,5-6,9-10H2,1H3,(H,17,18)(H,19,20). The van der Waals surface area contributed by atoms with Gasteiger partial charge in [0.15, 0.2) is 0 Å². The Morgan fingerprint density at radius 2 is 1.80 bits per heavy atom. The van der Waals surface area contributed by atoms with Crippen LogP contribution in [-0.4, -0.2) is 17.0 Å². The van der Waals surface area contributed by atoms with Crippen LogP contribution < -0.4 is 5.32 Å². The number of benzene rings is 1. The van der Waals surface area contributed by atoms with E-state index in [4.69, 9.17) is 0 Å². The number of nitrogens with one attached hydrogen (secondary N) is 1. The third-order valence-electron chi connectivity index (χ3n) is 4.07. The molecule has 1 fully saturated rings. The van der Waals surface area contributed by atoms with Crippen LogP contribution in [0.2, 0.25) is 0 Å². The van der Waals surface area contributed by atoms with Crippen molar-refractivity contribution in [2.45, 2.75) is 38.6 Å². The SMILES string of the molecule is CC(C(=O)O)C(NC(=O)C1CCCC1)c1ccccc1. The van der Waals surface area contributed by atoms with Gasteiger partial charge in [0, 0.05) is 5.92 Å². The van der Waals surface area contributed by atoms with E-state index >= 15 is 0 Å². The molecule has 0 bridgehead atoms. The van der Waals surface area contributed by atoms with Gasteiger partial charge in [0.25, 0.3) is 0 Å². The van der Waals surface area contributed by atoms with Crippen LogP contribution in [0.5, 0.6) is 0 Å². The van der Waals surface area contributed by atoms with Gasteiger partial charge in [0.2, 0.25) is 5.91 Å². The fraction of sp³-hybridized carbons (Fsp3) is 0.500. The Morgan fingerprint density at radius 1 is 1.20 bits per heavy atom. The molecule has 1 saturated carbocycles. The third kappa shape index (κ3) is 3.38. The summed E-state index contributed by atoms with van der Waals surface area (Å²) in [7, 11) is 0. The van der Waals surface area contributed by atoms with Gasteiger partial charge in [-0.15, -0.1) is 0 Å². The van der Waals surface area contributed by atoms with Gasteiger partial charge in [0.1, 0.15) is 0 Å². The molecule has 2 atom stereocenters. The summed E-state index contributed by atoms with van der Waals surface area (Å²) in [5, 5.41) is 12.2. The molecule has 0 heterocycles. The van der Waals surface area contributed by atoms with Gasteiger partial charge in [-0.2, -0.15) is 0 Å². The van der Waals surface area contributed by atoms with E-state index in [9.17, 15) is 14.7 Å². The predicted molar refractivity (Wildman–Crippen MR) is 76.1 cm³/mol. The number of carbonyl (C=O) groups is 2. The minimum absolute atomic E-state index is 0.00977. The molecule has 1 aromatic rings. The normalized spacial score (nSPS) is 18.4. The maximum absolute atomic E-state index is 12.3. The number of carboxylic acid groups (broad SMARTS) is 1. The van der Waals surface area contributed by atoms with Gasteiger partial charge < -0.3 is 10.4 Å². The van der Waals surface area contributed by atoms with Crippen molar-refractivity contribution in [3.8, 4) is 0 Å². The molecule has 2 unspecified atom stereocenters. The Bertz CT molecular complexity index is 466. The molecule has 1 aromatic carbocycles. The number of carbonyl (C=O) groups excluding carboxylic acids is 1. The molecule has 0 spiro atoms. The first-order valence-corrected chi connectivity index (χ1v) is 7.17. The van der Waals surface area contributed by atoms with Crippen molar-refractivity contribution in [3.05, 3.63) is 35.9 Å². The lowest BCUT2D eigenvalue weighted by Gasteiger charge is -2.24. The van der Waals surface area contributed by atoms with Crippen LogP contribution in [0.3, 0.4) is 0 Å². The van der Waals surface area contributed by atoms with Gasteiger partial charge in [-0.05, 0) is 25.3 Å². The van der Waals surface area contributed by atoms with Crippen molar-refractivity contribution in [3.63, 3.8) is 0 Å². The number of amides is 1. The fourth-order valence-corrected chi connectivity index (χ4v) is 2.76. The van der Waals surface area contributed by atoms with Crippen molar-refractivity contribution in [2.75, 3.05) is 0 Å². The Morgan fingerprint density at radius 3 is 2.35 bits per heavy atom. The topological polar surface area (TPSA) is 66.4 Å². The number of rotatable bonds is 5. The van der Waals surface area contributed by atoms with E-state index in [1.54, 1.807) is 6.92 Å². The lowest BCUT2D eigenvalue weighted by molar-refractivity contribution is -0.142. The third-order valence-corrected chi connectivity index (χ3v) is 4.07. The van der Waals surface area contributed by atoms with E-state index in [0.717, 1.165) is 31.2 Å². The minimum atomic E-state index is -0.898. The lowest BCUT2D eigenvalue weighted by Crippen LogP contribution is -2.38. The molecular weight excluding hydrogens is 254 g/mol. The van der Waals surface area contributed by atoms with E-state index in [2.05, 4.69) is 5.32 Å². The zero-order chi connectivity index (χ0) is 14.5. The molecule has 2 rings (SSSR count). The summed E-state index contributed by atoms with van der Waals surface area (Å²) in [6.45, 7) is 1.63. The molecule has 20 heavy (non-hydrogen) atoms. The number of hydrogen-bond donors (Lipinski definition) is 2. The second-order valence-electron chi connectivity index (χ2n) is 5.51. The van der Waals surface area contributed by atoms with E-state index in [-0.39, 0.29) is 11.8 Å². The summed E-state index contributed by atoms with van der Waals surface area (Å²) >= 11 is 0. The molecular formula is C16H21NO3. The van der Waals surface area contributed by atoms with Crippen LogP contribution in [0.15, 0.2) is 30.3 Å². The Balaban J connectivity index is 2.14. The van der Waals surface area contributed by atoms with Crippen LogP contribution in [0, 0.1) is 11.8 Å². The largest absolute Gasteiger partial charge is 0.481 e. The lowest BCUT2D eigenvalue weighted by atomic mass is 9.93. The highest BCUT2D eigenvalue weighted by atomic mass is 16.4. The van der Waals surface area contributed by atoms with Crippen LogP contribution in [-0.2, 0) is 9.59 Å². The highest BCUT2D eigenvalue weighted by Crippen LogP contribution is 2.28. The van der Waals surface area contributed by atoms with Gasteiger partial charge in [-0.3, -0.25) is 9.59 Å². The van der Waals surface area contributed by atoms with Crippen LogP contribution >= 0.6 is 0 Å². The smallest absolute Gasteiger partial charge is 0.308 e. The first kappa shape index (κ1) is 14.6. The Hall–Kier alpha value is -1.84.